The molecule has 138 valence electrons. The quantitative estimate of drug-likeness (QED) is 0.640. The largest absolute Gasteiger partial charge is 0.501 e. The summed E-state index contributed by atoms with van der Waals surface area (Å²) in [5, 5.41) is 22.8. The van der Waals surface area contributed by atoms with Crippen LogP contribution in [0.5, 0.6) is 5.75 Å². The minimum Gasteiger partial charge on any atom is -0.501 e. The number of aromatic amines is 1. The Kier molecular flexibility index (Phi) is 5.21. The van der Waals surface area contributed by atoms with Crippen LogP contribution in [0.4, 0.5) is 10.5 Å². The number of aromatic nitrogens is 2. The molecule has 1 aliphatic rings. The number of ether oxygens (including phenoxy) is 1. The molecule has 0 atom stereocenters. The van der Waals surface area contributed by atoms with E-state index in [-0.39, 0.29) is 11.9 Å². The van der Waals surface area contributed by atoms with Crippen LogP contribution < -0.4 is 10.9 Å². The molecule has 1 saturated carbocycles. The lowest BCUT2D eigenvalue weighted by atomic mass is 9.98. The number of rotatable bonds is 4. The van der Waals surface area contributed by atoms with E-state index in [2.05, 4.69) is 15.3 Å². The molecule has 0 spiro atoms. The first kappa shape index (κ1) is 17.9. The molecule has 0 aromatic carbocycles. The van der Waals surface area contributed by atoms with Crippen molar-refractivity contribution in [3.05, 3.63) is 27.5 Å². The summed E-state index contributed by atoms with van der Waals surface area (Å²) >= 11 is 1.15. The van der Waals surface area contributed by atoms with E-state index >= 15 is 0 Å². The predicted octanol–water partition coefficient (Wildman–Crippen LogP) is 2.78. The molecule has 9 nitrogen and oxygen atoms in total. The summed E-state index contributed by atoms with van der Waals surface area (Å²) in [5.41, 5.74) is -1.40. The first-order valence-electron chi connectivity index (χ1n) is 8.07. The number of hydrogen-bond donors (Lipinski definition) is 4. The van der Waals surface area contributed by atoms with Crippen LogP contribution in [0.2, 0.25) is 0 Å². The van der Waals surface area contributed by atoms with Crippen molar-refractivity contribution in [2.24, 2.45) is 0 Å². The average molecular weight is 379 g/mol. The van der Waals surface area contributed by atoms with Crippen LogP contribution in [0.15, 0.2) is 16.2 Å². The average Bonchev–Trinajstić information content (AvgIpc) is 3.05. The molecule has 1 aliphatic carbocycles. The van der Waals surface area contributed by atoms with Crippen LogP contribution >= 0.6 is 11.3 Å². The number of nitrogens with zero attached hydrogens (tertiary/aromatic N) is 1. The van der Waals surface area contributed by atoms with E-state index in [1.54, 1.807) is 11.4 Å². The van der Waals surface area contributed by atoms with E-state index in [9.17, 15) is 19.5 Å². The van der Waals surface area contributed by atoms with Gasteiger partial charge < -0.3 is 19.9 Å². The number of carboxylic acids is 1. The Morgan fingerprint density at radius 2 is 2.04 bits per heavy atom. The molecule has 10 heteroatoms. The SMILES string of the molecule is O=C(Nc1ccsc1-c1nc(C(=O)O)c(O)c(=O)[nH]1)OC1CCCCC1. The van der Waals surface area contributed by atoms with Crippen molar-refractivity contribution < 1.29 is 24.5 Å². The minimum atomic E-state index is -1.53. The summed E-state index contributed by atoms with van der Waals surface area (Å²) in [6.07, 6.45) is 4.13. The normalized spacial score (nSPS) is 14.8. The van der Waals surface area contributed by atoms with Crippen molar-refractivity contribution in [3.8, 4) is 16.5 Å². The van der Waals surface area contributed by atoms with E-state index in [0.717, 1.165) is 43.4 Å². The van der Waals surface area contributed by atoms with Gasteiger partial charge in [0, 0.05) is 0 Å². The second-order valence-electron chi connectivity index (χ2n) is 5.87. The van der Waals surface area contributed by atoms with E-state index in [1.165, 1.54) is 0 Å². The van der Waals surface area contributed by atoms with Crippen LogP contribution in [0.25, 0.3) is 10.7 Å². The summed E-state index contributed by atoms with van der Waals surface area (Å²) < 4.78 is 5.39. The maximum atomic E-state index is 12.1. The summed E-state index contributed by atoms with van der Waals surface area (Å²) in [5.74, 6) is -2.56. The number of carbonyl (C=O) groups is 2. The molecule has 2 aromatic heterocycles. The number of anilines is 1. The Morgan fingerprint density at radius 3 is 2.73 bits per heavy atom. The van der Waals surface area contributed by atoms with Gasteiger partial charge in [-0.05, 0) is 37.1 Å². The monoisotopic (exact) mass is 379 g/mol. The zero-order valence-corrected chi connectivity index (χ0v) is 14.5. The van der Waals surface area contributed by atoms with Gasteiger partial charge in [-0.1, -0.05) is 6.42 Å². The van der Waals surface area contributed by atoms with Crippen LogP contribution in [0.3, 0.4) is 0 Å². The number of nitrogens with one attached hydrogen (secondary N) is 2. The number of hydrogen-bond acceptors (Lipinski definition) is 7. The summed E-state index contributed by atoms with van der Waals surface area (Å²) in [6.45, 7) is 0. The van der Waals surface area contributed by atoms with Gasteiger partial charge in [-0.15, -0.1) is 11.3 Å². The van der Waals surface area contributed by atoms with Crippen LogP contribution in [-0.2, 0) is 4.74 Å². The minimum absolute atomic E-state index is 0.0619. The lowest BCUT2D eigenvalue weighted by Gasteiger charge is -2.21. The number of aromatic carboxylic acids is 1. The fourth-order valence-electron chi connectivity index (χ4n) is 2.79. The van der Waals surface area contributed by atoms with Gasteiger partial charge in [0.05, 0.1) is 10.6 Å². The van der Waals surface area contributed by atoms with E-state index in [1.807, 2.05) is 0 Å². The number of H-pyrrole nitrogens is 1. The molecule has 1 fully saturated rings. The van der Waals surface area contributed by atoms with Crippen molar-refractivity contribution in [2.75, 3.05) is 5.32 Å². The Hall–Kier alpha value is -2.88. The number of amides is 1. The van der Waals surface area contributed by atoms with Gasteiger partial charge >= 0.3 is 12.1 Å². The molecule has 0 unspecified atom stereocenters. The summed E-state index contributed by atoms with van der Waals surface area (Å²) in [4.78, 5) is 41.4. The van der Waals surface area contributed by atoms with Gasteiger partial charge in [-0.25, -0.2) is 14.6 Å². The Labute approximate surface area is 151 Å². The van der Waals surface area contributed by atoms with Crippen LogP contribution in [0, 0.1) is 0 Å². The molecule has 1 amide bonds. The highest BCUT2D eigenvalue weighted by molar-refractivity contribution is 7.14. The Balaban J connectivity index is 1.81. The third-order valence-electron chi connectivity index (χ3n) is 4.04. The third kappa shape index (κ3) is 3.85. The van der Waals surface area contributed by atoms with Crippen molar-refractivity contribution in [1.82, 2.24) is 9.97 Å². The molecular weight excluding hydrogens is 362 g/mol. The highest BCUT2D eigenvalue weighted by Crippen LogP contribution is 2.32. The smallest absolute Gasteiger partial charge is 0.411 e. The molecule has 0 bridgehead atoms. The van der Waals surface area contributed by atoms with Gasteiger partial charge in [0.2, 0.25) is 5.75 Å². The van der Waals surface area contributed by atoms with Crippen molar-refractivity contribution >= 4 is 29.1 Å². The molecule has 26 heavy (non-hydrogen) atoms. The van der Waals surface area contributed by atoms with Gasteiger partial charge in [-0.3, -0.25) is 10.1 Å². The second-order valence-corrected chi connectivity index (χ2v) is 6.79. The fourth-order valence-corrected chi connectivity index (χ4v) is 3.58. The molecule has 2 aromatic rings. The first-order valence-corrected chi connectivity index (χ1v) is 8.95. The molecule has 0 saturated heterocycles. The van der Waals surface area contributed by atoms with Crippen molar-refractivity contribution in [1.29, 1.82) is 0 Å². The van der Waals surface area contributed by atoms with Crippen LogP contribution in [-0.4, -0.2) is 38.3 Å². The first-order chi connectivity index (χ1) is 12.5. The molecular formula is C16H17N3O6S. The third-order valence-corrected chi connectivity index (χ3v) is 4.96. The summed E-state index contributed by atoms with van der Waals surface area (Å²) in [7, 11) is 0. The number of carbonyl (C=O) groups excluding carboxylic acids is 1. The second kappa shape index (κ2) is 7.56. The van der Waals surface area contributed by atoms with Crippen molar-refractivity contribution in [2.45, 2.75) is 38.2 Å². The Bertz CT molecular complexity index is 884. The van der Waals surface area contributed by atoms with E-state index in [0.29, 0.717) is 10.6 Å². The standard InChI is InChI=1S/C16H17N3O6S/c20-11-10(15(22)23)18-13(19-14(11)21)12-9(6-7-26-12)17-16(24)25-8-4-2-1-3-5-8/h6-8,20H,1-5H2,(H,17,24)(H,22,23)(H,18,19,21). The lowest BCUT2D eigenvalue weighted by Crippen LogP contribution is -2.24. The summed E-state index contributed by atoms with van der Waals surface area (Å²) in [6, 6.07) is 1.59. The van der Waals surface area contributed by atoms with E-state index < -0.39 is 29.1 Å². The molecule has 3 rings (SSSR count). The number of carboxylic acid groups (broad SMARTS) is 1. The highest BCUT2D eigenvalue weighted by atomic mass is 32.1. The van der Waals surface area contributed by atoms with Gasteiger partial charge in [0.15, 0.2) is 11.5 Å². The molecule has 0 aliphatic heterocycles. The topological polar surface area (TPSA) is 142 Å². The Morgan fingerprint density at radius 1 is 1.31 bits per heavy atom. The van der Waals surface area contributed by atoms with Gasteiger partial charge in [0.1, 0.15) is 6.10 Å². The highest BCUT2D eigenvalue weighted by Gasteiger charge is 2.22. The predicted molar refractivity (Wildman–Crippen MR) is 93.8 cm³/mol. The molecule has 4 N–H and O–H groups in total. The van der Waals surface area contributed by atoms with Gasteiger partial charge in [0.25, 0.3) is 5.56 Å². The maximum absolute atomic E-state index is 12.1. The van der Waals surface area contributed by atoms with Crippen molar-refractivity contribution in [3.63, 3.8) is 0 Å². The molecule has 2 heterocycles. The molecule has 0 radical (unpaired) electrons. The number of aromatic hydroxyl groups is 1. The zero-order valence-electron chi connectivity index (χ0n) is 13.7. The fraction of sp³-hybridized carbons (Fsp3) is 0.375. The number of thiophene rings is 1. The van der Waals surface area contributed by atoms with Gasteiger partial charge in [-0.2, -0.15) is 0 Å². The van der Waals surface area contributed by atoms with E-state index in [4.69, 9.17) is 9.84 Å². The zero-order chi connectivity index (χ0) is 18.7. The lowest BCUT2D eigenvalue weighted by molar-refractivity contribution is 0.0686. The van der Waals surface area contributed by atoms with Crippen LogP contribution in [0.1, 0.15) is 42.6 Å². The maximum Gasteiger partial charge on any atom is 0.411 e.